The summed E-state index contributed by atoms with van der Waals surface area (Å²) >= 11 is 0. The van der Waals surface area contributed by atoms with Crippen LogP contribution in [0.3, 0.4) is 0 Å². The van der Waals surface area contributed by atoms with Gasteiger partial charge in [0.1, 0.15) is 22.6 Å². The molecule has 1 atom stereocenters. The van der Waals surface area contributed by atoms with Crippen molar-refractivity contribution in [1.29, 1.82) is 0 Å². The summed E-state index contributed by atoms with van der Waals surface area (Å²) in [7, 11) is 3.98. The number of nitrogen functional groups attached to an aromatic ring is 1. The number of rotatable bonds is 8. The Labute approximate surface area is 256 Å². The van der Waals surface area contributed by atoms with E-state index in [0.717, 1.165) is 97.5 Å². The highest BCUT2D eigenvalue weighted by molar-refractivity contribution is 5.97. The Kier molecular flexibility index (Phi) is 9.45. The van der Waals surface area contributed by atoms with Gasteiger partial charge in [0, 0.05) is 76.8 Å². The molecule has 0 aliphatic carbocycles. The number of nitrogens with two attached hydrogens (primary N) is 1. The van der Waals surface area contributed by atoms with Crippen molar-refractivity contribution in [2.45, 2.75) is 51.5 Å². The molecule has 10 heteroatoms. The van der Waals surface area contributed by atoms with Crippen molar-refractivity contribution in [3.05, 3.63) is 30.1 Å². The number of piperidine rings is 1. The van der Waals surface area contributed by atoms with E-state index in [0.29, 0.717) is 17.4 Å². The van der Waals surface area contributed by atoms with Gasteiger partial charge in [0.05, 0.1) is 18.5 Å². The Morgan fingerprint density at radius 2 is 1.81 bits per heavy atom. The normalized spacial score (nSPS) is 21.2. The van der Waals surface area contributed by atoms with Crippen molar-refractivity contribution >= 4 is 28.4 Å². The minimum atomic E-state index is 0.312. The number of pyridine rings is 1. The van der Waals surface area contributed by atoms with Gasteiger partial charge in [0.2, 0.25) is 0 Å². The molecule has 43 heavy (non-hydrogen) atoms. The van der Waals surface area contributed by atoms with Crippen LogP contribution in [0.5, 0.6) is 5.75 Å². The first-order valence-corrected chi connectivity index (χ1v) is 16.2. The fourth-order valence-corrected chi connectivity index (χ4v) is 6.77. The van der Waals surface area contributed by atoms with E-state index in [9.17, 15) is 0 Å². The number of ether oxygens (including phenoxy) is 2. The highest BCUT2D eigenvalue weighted by Crippen LogP contribution is 2.38. The first-order chi connectivity index (χ1) is 21.0. The molecule has 232 valence electrons. The molecule has 3 aliphatic rings. The molecule has 3 aromatic rings. The summed E-state index contributed by atoms with van der Waals surface area (Å²) in [4.78, 5) is 22.2. The number of anilines is 3. The van der Waals surface area contributed by atoms with Gasteiger partial charge in [-0.3, -0.25) is 0 Å². The summed E-state index contributed by atoms with van der Waals surface area (Å²) in [5, 5.41) is 3.69. The molecule has 0 radical (unpaired) electrons. The monoisotopic (exact) mass is 588 g/mol. The predicted molar refractivity (Wildman–Crippen MR) is 174 cm³/mol. The summed E-state index contributed by atoms with van der Waals surface area (Å²) in [6.07, 6.45) is 8.05. The van der Waals surface area contributed by atoms with Gasteiger partial charge in [-0.15, -0.1) is 0 Å². The number of nitrogens with one attached hydrogen (secondary N) is 1. The number of likely N-dealkylation sites (N-methyl/N-ethyl adjacent to an activating group) is 1. The molecule has 0 amide bonds. The number of methoxy groups -OCH3 is 1. The van der Waals surface area contributed by atoms with E-state index in [4.69, 9.17) is 25.2 Å². The number of hydrogen-bond donors (Lipinski definition) is 2. The van der Waals surface area contributed by atoms with Gasteiger partial charge in [0.25, 0.3) is 0 Å². The van der Waals surface area contributed by atoms with Crippen LogP contribution in [0.2, 0.25) is 0 Å². The fraction of sp³-hybridized carbons (Fsp3) is 0.606. The van der Waals surface area contributed by atoms with Gasteiger partial charge < -0.3 is 35.2 Å². The van der Waals surface area contributed by atoms with E-state index < -0.39 is 0 Å². The Morgan fingerprint density at radius 1 is 1.00 bits per heavy atom. The average molecular weight is 589 g/mol. The van der Waals surface area contributed by atoms with Crippen LogP contribution in [-0.4, -0.2) is 104 Å². The van der Waals surface area contributed by atoms with Gasteiger partial charge in [0.15, 0.2) is 5.82 Å². The minimum absolute atomic E-state index is 0.312. The second kappa shape index (κ2) is 13.6. The summed E-state index contributed by atoms with van der Waals surface area (Å²) < 4.78 is 11.6. The van der Waals surface area contributed by atoms with E-state index in [1.54, 1.807) is 7.11 Å². The van der Waals surface area contributed by atoms with Gasteiger partial charge in [-0.25, -0.2) is 15.0 Å². The second-order valence-electron chi connectivity index (χ2n) is 12.4. The van der Waals surface area contributed by atoms with E-state index in [2.05, 4.69) is 57.2 Å². The van der Waals surface area contributed by atoms with Crippen LogP contribution in [0.15, 0.2) is 24.4 Å². The lowest BCUT2D eigenvalue weighted by Gasteiger charge is -2.39. The number of piperazine rings is 1. The molecule has 6 rings (SSSR count). The molecule has 5 heterocycles. The average Bonchev–Trinajstić information content (AvgIpc) is 3.31. The third kappa shape index (κ3) is 6.81. The lowest BCUT2D eigenvalue weighted by atomic mass is 9.95. The molecule has 3 N–H and O–H groups in total. The Balaban J connectivity index is 1.23. The third-order valence-corrected chi connectivity index (χ3v) is 9.48. The van der Waals surface area contributed by atoms with Crippen LogP contribution in [0.25, 0.3) is 22.2 Å². The molecule has 3 fully saturated rings. The highest BCUT2D eigenvalue weighted by atomic mass is 16.5. The largest absolute Gasteiger partial charge is 0.495 e. The summed E-state index contributed by atoms with van der Waals surface area (Å²) in [6, 6.07) is 6.78. The van der Waals surface area contributed by atoms with Crippen molar-refractivity contribution in [2.75, 3.05) is 89.1 Å². The SMILES string of the molecule is CCc1nc2c(N)ncc(-c3ccc(N4CCC(CN5CCN(C)CC5)CC4)c(OC)c3)c2nc1NC1CCCOCC1. The highest BCUT2D eigenvalue weighted by Gasteiger charge is 2.25. The zero-order valence-corrected chi connectivity index (χ0v) is 26.1. The van der Waals surface area contributed by atoms with Gasteiger partial charge in [-0.2, -0.15) is 0 Å². The number of nitrogens with zero attached hydrogens (tertiary/aromatic N) is 6. The summed E-state index contributed by atoms with van der Waals surface area (Å²) in [5.41, 5.74) is 11.7. The molecule has 2 aromatic heterocycles. The van der Waals surface area contributed by atoms with Crippen molar-refractivity contribution < 1.29 is 9.47 Å². The van der Waals surface area contributed by atoms with E-state index in [1.165, 1.54) is 45.6 Å². The summed E-state index contributed by atoms with van der Waals surface area (Å²) in [6.45, 7) is 11.8. The van der Waals surface area contributed by atoms with Gasteiger partial charge in [-0.1, -0.05) is 13.0 Å². The smallest absolute Gasteiger partial charge is 0.151 e. The van der Waals surface area contributed by atoms with Crippen molar-refractivity contribution in [1.82, 2.24) is 24.8 Å². The van der Waals surface area contributed by atoms with Crippen molar-refractivity contribution in [3.8, 4) is 16.9 Å². The topological polar surface area (TPSA) is 105 Å². The number of fused-ring (bicyclic) bond motifs is 1. The lowest BCUT2D eigenvalue weighted by Crippen LogP contribution is -2.47. The van der Waals surface area contributed by atoms with Crippen LogP contribution in [-0.2, 0) is 11.2 Å². The zero-order chi connectivity index (χ0) is 29.8. The van der Waals surface area contributed by atoms with Crippen LogP contribution in [0.1, 0.15) is 44.7 Å². The van der Waals surface area contributed by atoms with Crippen molar-refractivity contribution in [3.63, 3.8) is 0 Å². The fourth-order valence-electron chi connectivity index (χ4n) is 6.77. The quantitative estimate of drug-likeness (QED) is 0.396. The molecule has 1 unspecified atom stereocenters. The van der Waals surface area contributed by atoms with E-state index in [1.807, 2.05) is 6.20 Å². The zero-order valence-electron chi connectivity index (χ0n) is 26.1. The lowest BCUT2D eigenvalue weighted by molar-refractivity contribution is 0.129. The van der Waals surface area contributed by atoms with E-state index in [-0.39, 0.29) is 0 Å². The number of benzene rings is 1. The van der Waals surface area contributed by atoms with Crippen LogP contribution in [0.4, 0.5) is 17.3 Å². The first kappa shape index (κ1) is 29.8. The maximum absolute atomic E-state index is 6.35. The molecule has 1 aromatic carbocycles. The maximum Gasteiger partial charge on any atom is 0.151 e. The number of aromatic nitrogens is 3. The molecule has 0 spiro atoms. The minimum Gasteiger partial charge on any atom is -0.495 e. The number of hydrogen-bond acceptors (Lipinski definition) is 10. The van der Waals surface area contributed by atoms with Gasteiger partial charge in [-0.05, 0) is 69.2 Å². The van der Waals surface area contributed by atoms with Crippen LogP contribution >= 0.6 is 0 Å². The molecular weight excluding hydrogens is 540 g/mol. The standard InChI is InChI=1S/C33H48N8O2/c1-4-27-33(36-25-6-5-18-43-19-11-25)38-30-26(21-35-32(34)31(30)37-27)24-7-8-28(29(20-24)42-3)41-12-9-23(10-13-41)22-40-16-14-39(2)15-17-40/h7-8,20-21,23,25H,4-6,9-19,22H2,1-3H3,(H2,34,35)(H,36,38). The Morgan fingerprint density at radius 3 is 2.58 bits per heavy atom. The second-order valence-corrected chi connectivity index (χ2v) is 12.4. The molecule has 3 saturated heterocycles. The first-order valence-electron chi connectivity index (χ1n) is 16.2. The Bertz CT molecular complexity index is 1380. The summed E-state index contributed by atoms with van der Waals surface area (Å²) in [5.74, 6) is 2.86. The maximum atomic E-state index is 6.35. The Hall–Kier alpha value is -3.21. The van der Waals surface area contributed by atoms with Crippen LogP contribution in [0, 0.1) is 5.92 Å². The molecule has 3 aliphatic heterocycles. The molecule has 10 nitrogen and oxygen atoms in total. The van der Waals surface area contributed by atoms with Crippen LogP contribution < -0.4 is 20.7 Å². The molecule has 0 saturated carbocycles. The predicted octanol–water partition coefficient (Wildman–Crippen LogP) is 4.29. The molecular formula is C33H48N8O2. The van der Waals surface area contributed by atoms with Gasteiger partial charge >= 0.3 is 0 Å². The number of aryl methyl sites for hydroxylation is 1. The van der Waals surface area contributed by atoms with Crippen molar-refractivity contribution in [2.24, 2.45) is 5.92 Å². The molecule has 0 bridgehead atoms. The van der Waals surface area contributed by atoms with E-state index >= 15 is 0 Å². The third-order valence-electron chi connectivity index (χ3n) is 9.48.